The normalized spacial score (nSPS) is 15.3. The maximum Gasteiger partial charge on any atom is 0.165 e. The predicted molar refractivity (Wildman–Crippen MR) is 50.3 cm³/mol. The van der Waals surface area contributed by atoms with Gasteiger partial charge in [-0.15, -0.1) is 0 Å². The first kappa shape index (κ1) is 10.7. The van der Waals surface area contributed by atoms with Gasteiger partial charge in [0.15, 0.2) is 7.60 Å². The number of hydrogen-bond donors (Lipinski definition) is 0. The monoisotopic (exact) mass is 219 g/mol. The van der Waals surface area contributed by atoms with Crippen molar-refractivity contribution in [2.45, 2.75) is 6.92 Å². The average molecular weight is 220 g/mol. The molecule has 1 aromatic carbocycles. The van der Waals surface area contributed by atoms with Crippen molar-refractivity contribution in [1.29, 1.82) is 0 Å². The highest BCUT2D eigenvalue weighted by Gasteiger charge is 2.09. The summed E-state index contributed by atoms with van der Waals surface area (Å²) in [4.78, 5) is 11.3. The molecule has 1 rings (SSSR count). The molecule has 0 saturated carbocycles. The molecule has 3 nitrogen and oxygen atoms in total. The Bertz CT molecular complexity index is 323. The van der Waals surface area contributed by atoms with Crippen molar-refractivity contribution in [3.8, 4) is 0 Å². The van der Waals surface area contributed by atoms with Crippen LogP contribution in [-0.4, -0.2) is 6.61 Å². The number of benzene rings is 1. The molecule has 0 radical (unpaired) electrons. The molecule has 0 aliphatic heterocycles. The summed E-state index contributed by atoms with van der Waals surface area (Å²) < 4.78 is 15.9. The molecule has 5 heteroatoms. The minimum Gasteiger partial charge on any atom is -0.775 e. The summed E-state index contributed by atoms with van der Waals surface area (Å²) in [6.45, 7) is 1.77. The lowest BCUT2D eigenvalue weighted by Gasteiger charge is -2.22. The first-order chi connectivity index (χ1) is 6.06. The Balaban J connectivity index is 2.94. The number of rotatable bonds is 3. The Morgan fingerprint density at radius 3 is 2.46 bits per heavy atom. The second kappa shape index (κ2) is 4.25. The van der Waals surface area contributed by atoms with Gasteiger partial charge in [-0.3, -0.25) is 0 Å². The van der Waals surface area contributed by atoms with Crippen LogP contribution in [0.25, 0.3) is 0 Å². The zero-order valence-electron chi connectivity index (χ0n) is 7.07. The second-order valence-electron chi connectivity index (χ2n) is 2.39. The van der Waals surface area contributed by atoms with E-state index in [9.17, 15) is 9.46 Å². The zero-order valence-corrected chi connectivity index (χ0v) is 8.72. The second-order valence-corrected chi connectivity index (χ2v) is 4.60. The van der Waals surface area contributed by atoms with Crippen molar-refractivity contribution in [3.05, 3.63) is 29.3 Å². The standard InChI is InChI=1S/C8H10ClO3P/c1-2-12-13(10,11)8-5-3-7(9)4-6-8/h3-6H,2H2,1H3,(H,10,11)/p-1. The maximum absolute atomic E-state index is 11.3. The Morgan fingerprint density at radius 2 is 2.00 bits per heavy atom. The van der Waals surface area contributed by atoms with Crippen LogP contribution in [0.1, 0.15) is 6.92 Å². The molecule has 1 aromatic rings. The van der Waals surface area contributed by atoms with E-state index in [1.807, 2.05) is 0 Å². The Morgan fingerprint density at radius 1 is 1.46 bits per heavy atom. The van der Waals surface area contributed by atoms with Gasteiger partial charge in [0.05, 0.1) is 6.61 Å². The van der Waals surface area contributed by atoms with Crippen LogP contribution in [-0.2, 0) is 9.09 Å². The van der Waals surface area contributed by atoms with E-state index in [-0.39, 0.29) is 11.9 Å². The van der Waals surface area contributed by atoms with E-state index in [0.717, 1.165) is 0 Å². The fourth-order valence-electron chi connectivity index (χ4n) is 0.868. The van der Waals surface area contributed by atoms with Gasteiger partial charge < -0.3 is 14.0 Å². The first-order valence-corrected chi connectivity index (χ1v) is 5.70. The van der Waals surface area contributed by atoms with Gasteiger partial charge in [-0.05, 0) is 31.2 Å². The molecule has 0 bridgehead atoms. The number of hydrogen-bond acceptors (Lipinski definition) is 3. The van der Waals surface area contributed by atoms with Gasteiger partial charge in [0.2, 0.25) is 0 Å². The van der Waals surface area contributed by atoms with E-state index in [1.54, 1.807) is 6.92 Å². The van der Waals surface area contributed by atoms with E-state index >= 15 is 0 Å². The molecular weight excluding hydrogens is 211 g/mol. The summed E-state index contributed by atoms with van der Waals surface area (Å²) >= 11 is 5.61. The lowest BCUT2D eigenvalue weighted by Crippen LogP contribution is -2.17. The van der Waals surface area contributed by atoms with E-state index < -0.39 is 7.60 Å². The van der Waals surface area contributed by atoms with Crippen LogP contribution in [0.15, 0.2) is 24.3 Å². The summed E-state index contributed by atoms with van der Waals surface area (Å²) in [5.41, 5.74) is 0. The Labute approximate surface area is 81.8 Å². The van der Waals surface area contributed by atoms with Gasteiger partial charge in [-0.2, -0.15) is 0 Å². The Kier molecular flexibility index (Phi) is 3.51. The molecule has 1 unspecified atom stereocenters. The van der Waals surface area contributed by atoms with E-state index in [2.05, 4.69) is 4.52 Å². The molecular formula is C8H9ClO3P-. The van der Waals surface area contributed by atoms with Crippen LogP contribution in [0, 0.1) is 0 Å². The van der Waals surface area contributed by atoms with Crippen molar-refractivity contribution in [2.24, 2.45) is 0 Å². The Hall–Kier alpha value is -0.340. The minimum atomic E-state index is -3.87. The third-order valence-corrected chi connectivity index (χ3v) is 3.22. The maximum atomic E-state index is 11.3. The topological polar surface area (TPSA) is 49.4 Å². The third kappa shape index (κ3) is 2.82. The molecule has 0 N–H and O–H groups in total. The summed E-state index contributed by atoms with van der Waals surface area (Å²) in [7, 11) is -3.87. The number of halogens is 1. The van der Waals surface area contributed by atoms with E-state index in [0.29, 0.717) is 5.02 Å². The average Bonchev–Trinajstić information content (AvgIpc) is 2.05. The molecule has 0 saturated heterocycles. The smallest absolute Gasteiger partial charge is 0.165 e. The van der Waals surface area contributed by atoms with Gasteiger partial charge >= 0.3 is 0 Å². The third-order valence-electron chi connectivity index (χ3n) is 1.44. The molecule has 0 aliphatic carbocycles. The van der Waals surface area contributed by atoms with Crippen LogP contribution in [0.4, 0.5) is 0 Å². The van der Waals surface area contributed by atoms with Crippen molar-refractivity contribution in [1.82, 2.24) is 0 Å². The molecule has 0 heterocycles. The molecule has 72 valence electrons. The largest absolute Gasteiger partial charge is 0.775 e. The summed E-state index contributed by atoms with van der Waals surface area (Å²) in [5.74, 6) is 0. The highest BCUT2D eigenvalue weighted by Crippen LogP contribution is 2.35. The molecule has 0 aliphatic rings. The van der Waals surface area contributed by atoms with E-state index in [4.69, 9.17) is 11.6 Å². The highest BCUT2D eigenvalue weighted by atomic mass is 35.5. The van der Waals surface area contributed by atoms with Crippen molar-refractivity contribution < 1.29 is 14.0 Å². The molecule has 1 atom stereocenters. The highest BCUT2D eigenvalue weighted by molar-refractivity contribution is 7.59. The molecule has 0 amide bonds. The summed E-state index contributed by atoms with van der Waals surface area (Å²) in [5, 5.41) is 0.652. The van der Waals surface area contributed by atoms with Crippen molar-refractivity contribution in [3.63, 3.8) is 0 Å². The van der Waals surface area contributed by atoms with Gasteiger partial charge in [-0.1, -0.05) is 11.6 Å². The SMILES string of the molecule is CCOP(=O)([O-])c1ccc(Cl)cc1. The van der Waals surface area contributed by atoms with Gasteiger partial charge in [0.25, 0.3) is 0 Å². The first-order valence-electron chi connectivity index (χ1n) is 3.78. The molecule has 0 aromatic heterocycles. The molecule has 13 heavy (non-hydrogen) atoms. The van der Waals surface area contributed by atoms with Crippen LogP contribution >= 0.6 is 19.2 Å². The van der Waals surface area contributed by atoms with E-state index in [1.165, 1.54) is 24.3 Å². The summed E-state index contributed by atoms with van der Waals surface area (Å²) in [6.07, 6.45) is 0. The quantitative estimate of drug-likeness (QED) is 0.725. The van der Waals surface area contributed by atoms with Crippen LogP contribution in [0.2, 0.25) is 5.02 Å². The lowest BCUT2D eigenvalue weighted by atomic mass is 10.4. The van der Waals surface area contributed by atoms with Crippen molar-refractivity contribution in [2.75, 3.05) is 6.61 Å². The fraction of sp³-hybridized carbons (Fsp3) is 0.250. The summed E-state index contributed by atoms with van der Waals surface area (Å²) in [6, 6.07) is 5.87. The molecule has 0 spiro atoms. The minimum absolute atomic E-state index is 0.142. The van der Waals surface area contributed by atoms with Crippen LogP contribution < -0.4 is 10.2 Å². The van der Waals surface area contributed by atoms with Crippen molar-refractivity contribution >= 4 is 24.5 Å². The zero-order chi connectivity index (χ0) is 9.90. The van der Waals surface area contributed by atoms with Gasteiger partial charge in [0, 0.05) is 10.3 Å². The van der Waals surface area contributed by atoms with Crippen LogP contribution in [0.5, 0.6) is 0 Å². The van der Waals surface area contributed by atoms with Crippen LogP contribution in [0.3, 0.4) is 0 Å². The fourth-order valence-corrected chi connectivity index (χ4v) is 2.00. The van der Waals surface area contributed by atoms with Gasteiger partial charge in [0.1, 0.15) is 0 Å². The molecule has 0 fully saturated rings. The van der Waals surface area contributed by atoms with Gasteiger partial charge in [-0.25, -0.2) is 0 Å². The lowest BCUT2D eigenvalue weighted by molar-refractivity contribution is -0.193. The predicted octanol–water partition coefficient (Wildman–Crippen LogP) is 1.56.